The molecule has 0 aliphatic rings. The van der Waals surface area contributed by atoms with Gasteiger partial charge in [-0.25, -0.2) is 4.57 Å². The van der Waals surface area contributed by atoms with Gasteiger partial charge in [-0.15, -0.1) is 0 Å². The lowest BCUT2D eigenvalue weighted by Gasteiger charge is -2.24. The minimum atomic E-state index is -4.41. The molecule has 0 aromatic carbocycles. The van der Waals surface area contributed by atoms with Gasteiger partial charge in [-0.2, -0.15) is 0 Å². The molecule has 10 heteroatoms. The first-order valence-electron chi connectivity index (χ1n) is 27.1. The van der Waals surface area contributed by atoms with Crippen LogP contribution in [0.5, 0.6) is 0 Å². The van der Waals surface area contributed by atoms with Gasteiger partial charge in [0.05, 0.1) is 27.7 Å². The maximum atomic E-state index is 12.8. The minimum Gasteiger partial charge on any atom is -0.462 e. The first-order valence-corrected chi connectivity index (χ1v) is 28.6. The smallest absolute Gasteiger partial charge is 0.462 e. The molecule has 0 radical (unpaired) electrons. The molecule has 9 nitrogen and oxygen atoms in total. The Morgan fingerprint density at radius 3 is 1.23 bits per heavy atom. The number of quaternary nitrogens is 1. The third kappa shape index (κ3) is 55.1. The zero-order valence-corrected chi connectivity index (χ0v) is 46.0. The average molecular weight is 1010 g/mol. The Labute approximate surface area is 433 Å². The van der Waals surface area contributed by atoms with Gasteiger partial charge in [0.1, 0.15) is 19.8 Å². The standard InChI is InChI=1S/C61H98NO8P/c1-6-8-10-12-14-16-18-20-22-23-24-25-26-27-28-29-30-31-32-33-34-35-36-37-38-39-40-42-44-46-48-50-52-54-61(64)70-59(58-69-71(65,66)68-56-55-62(3,4)5)57-67-60(63)53-51-49-47-45-43-41-21-19-17-15-13-11-9-7-2/h8,10,13-16,19-22,24-25,27-28,30-31,33-34,36-37,39-40,44,46,59H,6-7,9,11-12,17-18,23,26,29,32,35,38,41-43,45,47-58H2,1-5H3/p+1/b10-8-,15-13-,16-14-,21-19-,22-20-,25-24-,28-27-,31-30-,34-33-,37-36-,40-39-,46-44-. The van der Waals surface area contributed by atoms with Gasteiger partial charge < -0.3 is 18.9 Å². The summed E-state index contributed by atoms with van der Waals surface area (Å²) in [6.07, 6.45) is 74.9. The molecule has 0 aromatic heterocycles. The van der Waals surface area contributed by atoms with Crippen LogP contribution in [-0.4, -0.2) is 74.9 Å². The summed E-state index contributed by atoms with van der Waals surface area (Å²) in [6, 6.07) is 0. The van der Waals surface area contributed by atoms with E-state index in [1.165, 1.54) is 12.8 Å². The summed E-state index contributed by atoms with van der Waals surface area (Å²) in [5.74, 6) is -0.881. The van der Waals surface area contributed by atoms with Gasteiger partial charge >= 0.3 is 19.8 Å². The Balaban J connectivity index is 4.33. The lowest BCUT2D eigenvalue weighted by molar-refractivity contribution is -0.870. The van der Waals surface area contributed by atoms with Crippen LogP contribution in [0.1, 0.15) is 174 Å². The van der Waals surface area contributed by atoms with Crippen LogP contribution in [0.4, 0.5) is 0 Å². The Morgan fingerprint density at radius 1 is 0.451 bits per heavy atom. The number of phosphoric ester groups is 1. The Kier molecular flexibility index (Phi) is 47.9. The summed E-state index contributed by atoms with van der Waals surface area (Å²) in [4.78, 5) is 35.5. The molecule has 0 spiro atoms. The SMILES string of the molecule is CC/C=C\C/C=C\C/C=C\C/C=C\C/C=C\C/C=C\C/C=C\C/C=C\C/C=C\C/C=C\CCCCC(=O)OC(COC(=O)CCCCCCC/C=C\C/C=C\CCCC)COP(=O)(O)OCC[N+](C)(C)C. The number of hydrogen-bond donors (Lipinski definition) is 1. The van der Waals surface area contributed by atoms with E-state index in [1.54, 1.807) is 0 Å². The molecule has 2 unspecified atom stereocenters. The number of unbranched alkanes of at least 4 members (excludes halogenated alkanes) is 9. The van der Waals surface area contributed by atoms with Crippen molar-refractivity contribution in [2.24, 2.45) is 0 Å². The van der Waals surface area contributed by atoms with Gasteiger partial charge in [-0.1, -0.05) is 192 Å². The van der Waals surface area contributed by atoms with E-state index in [9.17, 15) is 19.0 Å². The number of ether oxygens (including phenoxy) is 2. The summed E-state index contributed by atoms with van der Waals surface area (Å²) < 4.78 is 34.4. The Bertz CT molecular complexity index is 1700. The van der Waals surface area contributed by atoms with E-state index in [4.69, 9.17) is 18.5 Å². The van der Waals surface area contributed by atoms with Crippen LogP contribution in [0.25, 0.3) is 0 Å². The molecule has 0 fully saturated rings. The quantitative estimate of drug-likeness (QED) is 0.0211. The first-order chi connectivity index (χ1) is 34.5. The fourth-order valence-electron chi connectivity index (χ4n) is 6.41. The van der Waals surface area contributed by atoms with Crippen LogP contribution in [0, 0.1) is 0 Å². The molecular weight excluding hydrogens is 906 g/mol. The van der Waals surface area contributed by atoms with Crippen LogP contribution >= 0.6 is 7.82 Å². The highest BCUT2D eigenvalue weighted by Crippen LogP contribution is 2.43. The number of likely N-dealkylation sites (N-methyl/N-ethyl adjacent to an activating group) is 1. The van der Waals surface area contributed by atoms with E-state index in [2.05, 4.69) is 160 Å². The van der Waals surface area contributed by atoms with E-state index in [1.807, 2.05) is 21.1 Å². The number of rotatable bonds is 47. The van der Waals surface area contributed by atoms with Crippen LogP contribution < -0.4 is 0 Å². The Hall–Kier alpha value is -4.11. The zero-order chi connectivity index (χ0) is 52.0. The second kappa shape index (κ2) is 50.8. The minimum absolute atomic E-state index is 0.0119. The van der Waals surface area contributed by atoms with Crippen molar-refractivity contribution in [2.75, 3.05) is 47.5 Å². The van der Waals surface area contributed by atoms with Crippen molar-refractivity contribution < 1.29 is 42.1 Å². The molecular formula is C61H99NO8P+. The molecule has 0 amide bonds. The number of hydrogen-bond acceptors (Lipinski definition) is 7. The van der Waals surface area contributed by atoms with Crippen LogP contribution in [-0.2, 0) is 32.7 Å². The average Bonchev–Trinajstić information content (AvgIpc) is 3.33. The van der Waals surface area contributed by atoms with Crippen molar-refractivity contribution in [1.29, 1.82) is 0 Å². The number of phosphoric acid groups is 1. The van der Waals surface area contributed by atoms with Gasteiger partial charge in [0.25, 0.3) is 0 Å². The molecule has 0 heterocycles. The molecule has 0 aromatic rings. The second-order valence-electron chi connectivity index (χ2n) is 18.5. The Morgan fingerprint density at radius 2 is 0.803 bits per heavy atom. The van der Waals surface area contributed by atoms with E-state index >= 15 is 0 Å². The van der Waals surface area contributed by atoms with Crippen molar-refractivity contribution >= 4 is 19.8 Å². The second-order valence-corrected chi connectivity index (χ2v) is 20.0. The highest BCUT2D eigenvalue weighted by atomic mass is 31.2. The van der Waals surface area contributed by atoms with E-state index in [0.29, 0.717) is 23.9 Å². The highest BCUT2D eigenvalue weighted by Gasteiger charge is 2.27. The monoisotopic (exact) mass is 1000 g/mol. The normalized spacial score (nSPS) is 14.5. The van der Waals surface area contributed by atoms with Crippen LogP contribution in [0.2, 0.25) is 0 Å². The van der Waals surface area contributed by atoms with E-state index in [-0.39, 0.29) is 26.1 Å². The van der Waals surface area contributed by atoms with Crippen molar-refractivity contribution in [3.05, 3.63) is 146 Å². The molecule has 2 atom stereocenters. The van der Waals surface area contributed by atoms with Crippen molar-refractivity contribution in [3.63, 3.8) is 0 Å². The highest BCUT2D eigenvalue weighted by molar-refractivity contribution is 7.47. The maximum absolute atomic E-state index is 12.8. The molecule has 71 heavy (non-hydrogen) atoms. The lowest BCUT2D eigenvalue weighted by Crippen LogP contribution is -2.37. The predicted octanol–water partition coefficient (Wildman–Crippen LogP) is 16.7. The van der Waals surface area contributed by atoms with Crippen molar-refractivity contribution in [1.82, 2.24) is 0 Å². The molecule has 0 aliphatic carbocycles. The molecule has 400 valence electrons. The van der Waals surface area contributed by atoms with E-state index in [0.717, 1.165) is 122 Å². The number of allylic oxidation sites excluding steroid dienone is 24. The summed E-state index contributed by atoms with van der Waals surface area (Å²) in [7, 11) is 1.41. The molecule has 1 N–H and O–H groups in total. The number of carbonyl (C=O) groups excluding carboxylic acids is 2. The number of esters is 2. The van der Waals surface area contributed by atoms with Gasteiger partial charge in [-0.05, 0) is 116 Å². The molecule has 0 saturated heterocycles. The van der Waals surface area contributed by atoms with Crippen molar-refractivity contribution in [2.45, 2.75) is 180 Å². The lowest BCUT2D eigenvalue weighted by atomic mass is 10.1. The summed E-state index contributed by atoms with van der Waals surface area (Å²) in [5.41, 5.74) is 0. The summed E-state index contributed by atoms with van der Waals surface area (Å²) in [5, 5.41) is 0. The third-order valence-corrected chi connectivity index (χ3v) is 11.6. The number of nitrogens with zero attached hydrogens (tertiary/aromatic N) is 1. The largest absolute Gasteiger partial charge is 0.472 e. The molecule has 0 saturated carbocycles. The first kappa shape index (κ1) is 66.9. The van der Waals surface area contributed by atoms with Gasteiger partial charge in [0.15, 0.2) is 6.10 Å². The maximum Gasteiger partial charge on any atom is 0.472 e. The van der Waals surface area contributed by atoms with Gasteiger partial charge in [0.2, 0.25) is 0 Å². The third-order valence-electron chi connectivity index (χ3n) is 10.6. The molecule has 0 rings (SSSR count). The molecule has 0 aliphatic heterocycles. The van der Waals surface area contributed by atoms with Gasteiger partial charge in [-0.3, -0.25) is 18.6 Å². The number of carbonyl (C=O) groups is 2. The predicted molar refractivity (Wildman–Crippen MR) is 302 cm³/mol. The molecule has 0 bridgehead atoms. The van der Waals surface area contributed by atoms with Gasteiger partial charge in [0, 0.05) is 12.8 Å². The fraction of sp³-hybridized carbons (Fsp3) is 0.574. The zero-order valence-electron chi connectivity index (χ0n) is 45.1. The summed E-state index contributed by atoms with van der Waals surface area (Å²) in [6.45, 7) is 4.17. The fourth-order valence-corrected chi connectivity index (χ4v) is 7.15. The van der Waals surface area contributed by atoms with Crippen LogP contribution in [0.15, 0.2) is 146 Å². The topological polar surface area (TPSA) is 108 Å². The van der Waals surface area contributed by atoms with Crippen LogP contribution in [0.3, 0.4) is 0 Å². The van der Waals surface area contributed by atoms with E-state index < -0.39 is 32.5 Å². The van der Waals surface area contributed by atoms with Crippen molar-refractivity contribution in [3.8, 4) is 0 Å². The summed E-state index contributed by atoms with van der Waals surface area (Å²) >= 11 is 0.